The van der Waals surface area contributed by atoms with Gasteiger partial charge >= 0.3 is 0 Å². The summed E-state index contributed by atoms with van der Waals surface area (Å²) in [5.41, 5.74) is 6.58. The van der Waals surface area contributed by atoms with Gasteiger partial charge < -0.3 is 11.1 Å². The third kappa shape index (κ3) is 4.35. The van der Waals surface area contributed by atoms with E-state index in [9.17, 15) is 4.79 Å². The van der Waals surface area contributed by atoms with Crippen molar-refractivity contribution in [2.24, 2.45) is 11.7 Å². The molecule has 0 radical (unpaired) electrons. The van der Waals surface area contributed by atoms with E-state index in [4.69, 9.17) is 5.73 Å². The van der Waals surface area contributed by atoms with Crippen molar-refractivity contribution in [1.82, 2.24) is 5.32 Å². The van der Waals surface area contributed by atoms with Crippen molar-refractivity contribution in [3.05, 3.63) is 29.8 Å². The first-order valence-electron chi connectivity index (χ1n) is 6.23. The molecule has 0 saturated heterocycles. The van der Waals surface area contributed by atoms with Gasteiger partial charge in [0.1, 0.15) is 0 Å². The molecule has 100 valence electrons. The molecule has 2 unspecified atom stereocenters. The minimum Gasteiger partial charge on any atom is -0.349 e. The number of nitrogens with one attached hydrogen (secondary N) is 1. The van der Waals surface area contributed by atoms with Crippen molar-refractivity contribution in [3.63, 3.8) is 0 Å². The lowest BCUT2D eigenvalue weighted by Gasteiger charge is -2.17. The molecular weight excluding hydrogens is 244 g/mol. The number of hydrogen-bond acceptors (Lipinski definition) is 3. The second kappa shape index (κ2) is 7.44. The van der Waals surface area contributed by atoms with E-state index in [1.165, 1.54) is 4.90 Å². The molecule has 1 aromatic carbocycles. The van der Waals surface area contributed by atoms with E-state index in [2.05, 4.69) is 35.8 Å². The van der Waals surface area contributed by atoms with Gasteiger partial charge in [-0.05, 0) is 43.8 Å². The molecule has 1 aromatic rings. The van der Waals surface area contributed by atoms with E-state index in [0.29, 0.717) is 6.54 Å². The van der Waals surface area contributed by atoms with Gasteiger partial charge in [-0.15, -0.1) is 11.8 Å². The summed E-state index contributed by atoms with van der Waals surface area (Å²) in [6.07, 6.45) is 2.78. The van der Waals surface area contributed by atoms with Crippen LogP contribution in [0.4, 0.5) is 0 Å². The highest BCUT2D eigenvalue weighted by Gasteiger charge is 2.15. The molecule has 0 aromatic heterocycles. The quantitative estimate of drug-likeness (QED) is 0.778. The Labute approximate surface area is 114 Å². The van der Waals surface area contributed by atoms with Gasteiger partial charge in [0.25, 0.3) is 0 Å². The van der Waals surface area contributed by atoms with Crippen molar-refractivity contribution in [3.8, 4) is 0 Å². The standard InChI is InChI=1S/C14H22N2OS/c1-10(8-9-15)14(17)16-11(2)12-4-6-13(18-3)7-5-12/h4-7,10-11H,8-9,15H2,1-3H3,(H,16,17). The Morgan fingerprint density at radius 2 is 1.94 bits per heavy atom. The van der Waals surface area contributed by atoms with Crippen molar-refractivity contribution >= 4 is 17.7 Å². The first kappa shape index (κ1) is 15.1. The van der Waals surface area contributed by atoms with Crippen molar-refractivity contribution in [2.75, 3.05) is 12.8 Å². The van der Waals surface area contributed by atoms with Gasteiger partial charge in [-0.25, -0.2) is 0 Å². The lowest BCUT2D eigenvalue weighted by Crippen LogP contribution is -2.32. The van der Waals surface area contributed by atoms with Gasteiger partial charge in [0.05, 0.1) is 6.04 Å². The Morgan fingerprint density at radius 3 is 2.44 bits per heavy atom. The van der Waals surface area contributed by atoms with Crippen LogP contribution in [0.5, 0.6) is 0 Å². The van der Waals surface area contributed by atoms with Crippen LogP contribution < -0.4 is 11.1 Å². The van der Waals surface area contributed by atoms with Crippen LogP contribution in [0.15, 0.2) is 29.2 Å². The predicted octanol–water partition coefficient (Wildman–Crippen LogP) is 2.57. The molecule has 2 atom stereocenters. The maximum atomic E-state index is 11.9. The Kier molecular flexibility index (Phi) is 6.22. The summed E-state index contributed by atoms with van der Waals surface area (Å²) in [5, 5.41) is 3.02. The van der Waals surface area contributed by atoms with Crippen molar-refractivity contribution in [2.45, 2.75) is 31.2 Å². The van der Waals surface area contributed by atoms with E-state index in [-0.39, 0.29) is 17.9 Å². The number of nitrogens with two attached hydrogens (primary N) is 1. The topological polar surface area (TPSA) is 55.1 Å². The van der Waals surface area contributed by atoms with Crippen LogP contribution in [0.1, 0.15) is 31.9 Å². The second-order valence-electron chi connectivity index (χ2n) is 4.48. The minimum atomic E-state index is -0.0251. The lowest BCUT2D eigenvalue weighted by atomic mass is 10.0. The highest BCUT2D eigenvalue weighted by atomic mass is 32.2. The molecule has 0 aliphatic rings. The van der Waals surface area contributed by atoms with Gasteiger partial charge in [0.2, 0.25) is 5.91 Å². The average molecular weight is 266 g/mol. The molecule has 0 heterocycles. The van der Waals surface area contributed by atoms with Gasteiger partial charge in [-0.1, -0.05) is 19.1 Å². The first-order chi connectivity index (χ1) is 8.58. The SMILES string of the molecule is CSc1ccc(C(C)NC(=O)C(C)CCN)cc1. The van der Waals surface area contributed by atoms with Crippen LogP contribution in [0, 0.1) is 5.92 Å². The highest BCUT2D eigenvalue weighted by Crippen LogP contribution is 2.19. The van der Waals surface area contributed by atoms with Gasteiger partial charge in [0, 0.05) is 10.8 Å². The third-order valence-electron chi connectivity index (χ3n) is 3.02. The van der Waals surface area contributed by atoms with E-state index in [1.54, 1.807) is 11.8 Å². The Bertz CT molecular complexity index is 378. The van der Waals surface area contributed by atoms with Gasteiger partial charge in [-0.3, -0.25) is 4.79 Å². The minimum absolute atomic E-state index is 0.0251. The molecule has 1 rings (SSSR count). The normalized spacial score (nSPS) is 14.0. The van der Waals surface area contributed by atoms with Crippen LogP contribution in [-0.2, 0) is 4.79 Å². The molecule has 0 saturated carbocycles. The number of amides is 1. The summed E-state index contributed by atoms with van der Waals surface area (Å²) in [6, 6.07) is 8.31. The van der Waals surface area contributed by atoms with Crippen LogP contribution in [0.25, 0.3) is 0 Å². The number of carbonyl (C=O) groups excluding carboxylic acids is 1. The van der Waals surface area contributed by atoms with E-state index in [0.717, 1.165) is 12.0 Å². The number of benzene rings is 1. The zero-order chi connectivity index (χ0) is 13.5. The zero-order valence-electron chi connectivity index (χ0n) is 11.3. The van der Waals surface area contributed by atoms with E-state index in [1.807, 2.05) is 13.8 Å². The van der Waals surface area contributed by atoms with Crippen molar-refractivity contribution < 1.29 is 4.79 Å². The summed E-state index contributed by atoms with van der Waals surface area (Å²) in [5.74, 6) is 0.0461. The van der Waals surface area contributed by atoms with Gasteiger partial charge in [-0.2, -0.15) is 0 Å². The number of rotatable bonds is 6. The summed E-state index contributed by atoms with van der Waals surface area (Å²) in [6.45, 7) is 4.46. The largest absolute Gasteiger partial charge is 0.349 e. The fourth-order valence-electron chi connectivity index (χ4n) is 1.71. The Morgan fingerprint density at radius 1 is 1.33 bits per heavy atom. The zero-order valence-corrected chi connectivity index (χ0v) is 12.1. The predicted molar refractivity (Wildman–Crippen MR) is 77.6 cm³/mol. The molecule has 0 spiro atoms. The van der Waals surface area contributed by atoms with E-state index < -0.39 is 0 Å². The third-order valence-corrected chi connectivity index (χ3v) is 3.77. The molecule has 3 N–H and O–H groups in total. The molecule has 0 aliphatic carbocycles. The number of thioether (sulfide) groups is 1. The Hall–Kier alpha value is -1.00. The highest BCUT2D eigenvalue weighted by molar-refractivity contribution is 7.98. The monoisotopic (exact) mass is 266 g/mol. The molecule has 3 nitrogen and oxygen atoms in total. The lowest BCUT2D eigenvalue weighted by molar-refractivity contribution is -0.125. The van der Waals surface area contributed by atoms with Crippen LogP contribution >= 0.6 is 11.8 Å². The maximum Gasteiger partial charge on any atom is 0.223 e. The fraction of sp³-hybridized carbons (Fsp3) is 0.500. The number of hydrogen-bond donors (Lipinski definition) is 2. The maximum absolute atomic E-state index is 11.9. The molecule has 18 heavy (non-hydrogen) atoms. The fourth-order valence-corrected chi connectivity index (χ4v) is 2.12. The molecule has 0 bridgehead atoms. The average Bonchev–Trinajstić information content (AvgIpc) is 2.39. The smallest absolute Gasteiger partial charge is 0.223 e. The number of carbonyl (C=O) groups is 1. The Balaban J connectivity index is 2.58. The second-order valence-corrected chi connectivity index (χ2v) is 5.36. The van der Waals surface area contributed by atoms with Crippen LogP contribution in [0.3, 0.4) is 0 Å². The molecular formula is C14H22N2OS. The molecule has 1 amide bonds. The summed E-state index contributed by atoms with van der Waals surface area (Å²) in [4.78, 5) is 13.1. The molecule has 4 heteroatoms. The molecule has 0 aliphatic heterocycles. The van der Waals surface area contributed by atoms with Crippen LogP contribution in [-0.4, -0.2) is 18.7 Å². The molecule has 0 fully saturated rings. The summed E-state index contributed by atoms with van der Waals surface area (Å²) in [7, 11) is 0. The van der Waals surface area contributed by atoms with Crippen LogP contribution in [0.2, 0.25) is 0 Å². The van der Waals surface area contributed by atoms with Crippen molar-refractivity contribution in [1.29, 1.82) is 0 Å². The summed E-state index contributed by atoms with van der Waals surface area (Å²) < 4.78 is 0. The first-order valence-corrected chi connectivity index (χ1v) is 7.45. The van der Waals surface area contributed by atoms with E-state index >= 15 is 0 Å². The summed E-state index contributed by atoms with van der Waals surface area (Å²) >= 11 is 1.71. The van der Waals surface area contributed by atoms with Gasteiger partial charge in [0.15, 0.2) is 0 Å².